The van der Waals surface area contributed by atoms with Crippen LogP contribution in [0.25, 0.3) is 0 Å². The highest BCUT2D eigenvalue weighted by molar-refractivity contribution is 9.10. The van der Waals surface area contributed by atoms with Gasteiger partial charge in [-0.15, -0.1) is 0 Å². The Morgan fingerprint density at radius 2 is 2.42 bits per heavy atom. The molecule has 1 heterocycles. The summed E-state index contributed by atoms with van der Waals surface area (Å²) in [6.45, 7) is 0.702. The minimum Gasteiger partial charge on any atom is -0.496 e. The third-order valence-corrected chi connectivity index (χ3v) is 3.87. The Hall–Kier alpha value is -1.27. The van der Waals surface area contributed by atoms with E-state index < -0.39 is 0 Å². The standard InChI is InChI=1S/C13H17BrN2O3/c1-19-12-5-4-9(7-11(12)14)15-13(18)16-6-2-3-10(16)8-17/h4-5,7,10,17H,2-3,6,8H2,1H3,(H,15,18)/t10-/m0/s1. The number of nitrogens with one attached hydrogen (secondary N) is 1. The number of halogens is 1. The number of aliphatic hydroxyl groups excluding tert-OH is 1. The van der Waals surface area contributed by atoms with E-state index in [2.05, 4.69) is 21.2 Å². The van der Waals surface area contributed by atoms with Crippen molar-refractivity contribution in [1.29, 1.82) is 0 Å². The first kappa shape index (κ1) is 14.1. The molecule has 6 heteroatoms. The van der Waals surface area contributed by atoms with Gasteiger partial charge in [0, 0.05) is 12.2 Å². The third kappa shape index (κ3) is 3.19. The lowest BCUT2D eigenvalue weighted by Gasteiger charge is -2.23. The van der Waals surface area contributed by atoms with Crippen molar-refractivity contribution < 1.29 is 14.6 Å². The molecular weight excluding hydrogens is 312 g/mol. The predicted molar refractivity (Wildman–Crippen MR) is 76.5 cm³/mol. The first-order chi connectivity index (χ1) is 9.15. The quantitative estimate of drug-likeness (QED) is 0.895. The number of hydrogen-bond donors (Lipinski definition) is 2. The van der Waals surface area contributed by atoms with Gasteiger partial charge in [0.25, 0.3) is 0 Å². The van der Waals surface area contributed by atoms with Crippen LogP contribution in [0.3, 0.4) is 0 Å². The van der Waals surface area contributed by atoms with Gasteiger partial charge in [0.15, 0.2) is 0 Å². The van der Waals surface area contributed by atoms with E-state index in [0.29, 0.717) is 18.0 Å². The molecule has 1 aliphatic heterocycles. The third-order valence-electron chi connectivity index (χ3n) is 3.25. The summed E-state index contributed by atoms with van der Waals surface area (Å²) in [5.41, 5.74) is 0.696. The summed E-state index contributed by atoms with van der Waals surface area (Å²) < 4.78 is 5.92. The van der Waals surface area contributed by atoms with Gasteiger partial charge in [0.05, 0.1) is 24.2 Å². The topological polar surface area (TPSA) is 61.8 Å². The molecule has 5 nitrogen and oxygen atoms in total. The van der Waals surface area contributed by atoms with Crippen LogP contribution in [-0.2, 0) is 0 Å². The second-order valence-electron chi connectivity index (χ2n) is 4.45. The largest absolute Gasteiger partial charge is 0.496 e. The number of hydrogen-bond acceptors (Lipinski definition) is 3. The number of aliphatic hydroxyl groups is 1. The normalized spacial score (nSPS) is 18.5. The molecule has 0 spiro atoms. The van der Waals surface area contributed by atoms with Crippen LogP contribution < -0.4 is 10.1 Å². The number of nitrogens with zero attached hydrogens (tertiary/aromatic N) is 1. The number of rotatable bonds is 3. The number of carbonyl (C=O) groups excluding carboxylic acids is 1. The minimum atomic E-state index is -0.173. The highest BCUT2D eigenvalue weighted by atomic mass is 79.9. The summed E-state index contributed by atoms with van der Waals surface area (Å²) in [5.74, 6) is 0.715. The lowest BCUT2D eigenvalue weighted by atomic mass is 10.2. The monoisotopic (exact) mass is 328 g/mol. The number of anilines is 1. The molecule has 1 aliphatic rings. The Bertz CT molecular complexity index is 467. The Labute approximate surface area is 120 Å². The van der Waals surface area contributed by atoms with Crippen molar-refractivity contribution in [2.45, 2.75) is 18.9 Å². The van der Waals surface area contributed by atoms with E-state index in [0.717, 1.165) is 17.3 Å². The number of carbonyl (C=O) groups is 1. The Morgan fingerprint density at radius 1 is 1.63 bits per heavy atom. The zero-order valence-corrected chi connectivity index (χ0v) is 12.3. The molecule has 0 radical (unpaired) electrons. The molecule has 104 valence electrons. The summed E-state index contributed by atoms with van der Waals surface area (Å²) in [7, 11) is 1.59. The van der Waals surface area contributed by atoms with Gasteiger partial charge in [-0.3, -0.25) is 0 Å². The molecule has 0 aromatic heterocycles. The van der Waals surface area contributed by atoms with E-state index >= 15 is 0 Å². The van der Waals surface area contributed by atoms with E-state index in [-0.39, 0.29) is 18.7 Å². The summed E-state index contributed by atoms with van der Waals surface area (Å²) in [6.07, 6.45) is 1.79. The zero-order chi connectivity index (χ0) is 13.8. The molecular formula is C13H17BrN2O3. The van der Waals surface area contributed by atoms with Crippen LogP contribution in [-0.4, -0.2) is 42.3 Å². The molecule has 19 heavy (non-hydrogen) atoms. The van der Waals surface area contributed by atoms with Gasteiger partial charge in [-0.2, -0.15) is 0 Å². The van der Waals surface area contributed by atoms with E-state index in [9.17, 15) is 9.90 Å². The van der Waals surface area contributed by atoms with Crippen molar-refractivity contribution in [3.05, 3.63) is 22.7 Å². The fraction of sp³-hybridized carbons (Fsp3) is 0.462. The second kappa shape index (κ2) is 6.25. The maximum atomic E-state index is 12.1. The van der Waals surface area contributed by atoms with Crippen molar-refractivity contribution in [1.82, 2.24) is 4.90 Å². The Morgan fingerprint density at radius 3 is 3.05 bits per heavy atom. The van der Waals surface area contributed by atoms with Gasteiger partial charge in [0.1, 0.15) is 5.75 Å². The molecule has 2 N–H and O–H groups in total. The van der Waals surface area contributed by atoms with Crippen molar-refractivity contribution >= 4 is 27.6 Å². The van der Waals surface area contributed by atoms with Crippen molar-refractivity contribution in [2.24, 2.45) is 0 Å². The first-order valence-electron chi connectivity index (χ1n) is 6.17. The molecule has 1 fully saturated rings. The first-order valence-corrected chi connectivity index (χ1v) is 6.97. The highest BCUT2D eigenvalue weighted by Gasteiger charge is 2.28. The number of ether oxygens (including phenoxy) is 1. The van der Waals surface area contributed by atoms with Crippen molar-refractivity contribution in [2.75, 3.05) is 25.6 Å². The lowest BCUT2D eigenvalue weighted by molar-refractivity contribution is 0.166. The maximum absolute atomic E-state index is 12.1. The van der Waals surface area contributed by atoms with E-state index in [1.165, 1.54) is 0 Å². The lowest BCUT2D eigenvalue weighted by Crippen LogP contribution is -2.40. The molecule has 2 rings (SSSR count). The average molecular weight is 329 g/mol. The van der Waals surface area contributed by atoms with Crippen LogP contribution >= 0.6 is 15.9 Å². The molecule has 1 atom stereocenters. The number of urea groups is 1. The summed E-state index contributed by atoms with van der Waals surface area (Å²) in [6, 6.07) is 5.12. The Kier molecular flexibility index (Phi) is 4.66. The molecule has 0 unspecified atom stereocenters. The van der Waals surface area contributed by atoms with Crippen LogP contribution in [0.5, 0.6) is 5.75 Å². The summed E-state index contributed by atoms with van der Waals surface area (Å²) in [5, 5.41) is 12.0. The summed E-state index contributed by atoms with van der Waals surface area (Å²) >= 11 is 3.38. The summed E-state index contributed by atoms with van der Waals surface area (Å²) in [4.78, 5) is 13.8. The van der Waals surface area contributed by atoms with Crippen molar-refractivity contribution in [3.63, 3.8) is 0 Å². The SMILES string of the molecule is COc1ccc(NC(=O)N2CCC[C@H]2CO)cc1Br. The van der Waals surface area contributed by atoms with E-state index in [1.54, 1.807) is 30.2 Å². The zero-order valence-electron chi connectivity index (χ0n) is 10.7. The smallest absolute Gasteiger partial charge is 0.322 e. The van der Waals surface area contributed by atoms with Crippen molar-refractivity contribution in [3.8, 4) is 5.75 Å². The van der Waals surface area contributed by atoms with Gasteiger partial charge in [-0.05, 0) is 47.0 Å². The molecule has 1 aromatic carbocycles. The second-order valence-corrected chi connectivity index (χ2v) is 5.31. The fourth-order valence-corrected chi connectivity index (χ4v) is 2.77. The van der Waals surface area contributed by atoms with Gasteiger partial charge in [0.2, 0.25) is 0 Å². The molecule has 1 saturated heterocycles. The number of amides is 2. The highest BCUT2D eigenvalue weighted by Crippen LogP contribution is 2.28. The van der Waals surface area contributed by atoms with Crippen LogP contribution in [0.15, 0.2) is 22.7 Å². The van der Waals surface area contributed by atoms with Crippen LogP contribution in [0.2, 0.25) is 0 Å². The van der Waals surface area contributed by atoms with E-state index in [1.807, 2.05) is 0 Å². The molecule has 1 aromatic rings. The number of benzene rings is 1. The molecule has 2 amide bonds. The predicted octanol–water partition coefficient (Wildman–Crippen LogP) is 2.45. The van der Waals surface area contributed by atoms with Gasteiger partial charge in [-0.25, -0.2) is 4.79 Å². The number of likely N-dealkylation sites (tertiary alicyclic amines) is 1. The van der Waals surface area contributed by atoms with Gasteiger partial charge in [-0.1, -0.05) is 0 Å². The van der Waals surface area contributed by atoms with Crippen LogP contribution in [0.4, 0.5) is 10.5 Å². The molecule has 0 saturated carbocycles. The van der Waals surface area contributed by atoms with Crippen LogP contribution in [0.1, 0.15) is 12.8 Å². The number of methoxy groups -OCH3 is 1. The van der Waals surface area contributed by atoms with Gasteiger partial charge < -0.3 is 20.1 Å². The average Bonchev–Trinajstić information content (AvgIpc) is 2.87. The fourth-order valence-electron chi connectivity index (χ4n) is 2.23. The minimum absolute atomic E-state index is 0.0136. The van der Waals surface area contributed by atoms with Crippen LogP contribution in [0, 0.1) is 0 Å². The van der Waals surface area contributed by atoms with Gasteiger partial charge >= 0.3 is 6.03 Å². The molecule has 0 aliphatic carbocycles. The maximum Gasteiger partial charge on any atom is 0.322 e. The van der Waals surface area contributed by atoms with E-state index in [4.69, 9.17) is 4.74 Å². The Balaban J connectivity index is 2.04. The molecule has 0 bridgehead atoms.